The minimum atomic E-state index is -0.795. The van der Waals surface area contributed by atoms with Crippen molar-refractivity contribution < 1.29 is 28.5 Å². The largest absolute Gasteiger partial charge is 0.348 e. The topological polar surface area (TPSA) is 87.6 Å². The maximum absolute atomic E-state index is 12.4. The monoisotopic (exact) mass is 376 g/mol. The molecular weight excluding hydrogens is 352 g/mol. The average Bonchev–Trinajstić information content (AvgIpc) is 3.22. The predicted octanol–water partition coefficient (Wildman–Crippen LogP) is 1.80. The molecule has 1 aromatic rings. The molecule has 3 aliphatic heterocycles. The fourth-order valence-electron chi connectivity index (χ4n) is 3.45. The number of amides is 1. The molecule has 0 bridgehead atoms. The first kappa shape index (κ1) is 18.5. The summed E-state index contributed by atoms with van der Waals surface area (Å²) >= 11 is 0. The van der Waals surface area contributed by atoms with Gasteiger partial charge in [-0.05, 0) is 39.8 Å². The molecule has 0 radical (unpaired) electrons. The van der Waals surface area contributed by atoms with Gasteiger partial charge in [-0.25, -0.2) is 5.43 Å². The molecule has 3 saturated heterocycles. The van der Waals surface area contributed by atoms with E-state index in [1.54, 1.807) is 24.3 Å². The number of fused-ring (bicyclic) bond motifs is 1. The Morgan fingerprint density at radius 2 is 1.78 bits per heavy atom. The highest BCUT2D eigenvalue weighted by Crippen LogP contribution is 2.39. The second-order valence-electron chi connectivity index (χ2n) is 7.69. The van der Waals surface area contributed by atoms with Crippen LogP contribution in [0.25, 0.3) is 0 Å². The lowest BCUT2D eigenvalue weighted by atomic mass is 10.1. The molecule has 3 aliphatic rings. The number of hydrogen-bond donors (Lipinski definition) is 1. The lowest BCUT2D eigenvalue weighted by molar-refractivity contribution is -0.211. The van der Waals surface area contributed by atoms with Gasteiger partial charge in [-0.15, -0.1) is 0 Å². The lowest BCUT2D eigenvalue weighted by Gasteiger charge is -2.24. The Hall–Kier alpha value is -1.84. The summed E-state index contributed by atoms with van der Waals surface area (Å²) < 4.78 is 29.3. The van der Waals surface area contributed by atoms with Gasteiger partial charge in [0, 0.05) is 5.56 Å². The van der Waals surface area contributed by atoms with E-state index in [0.29, 0.717) is 17.9 Å². The summed E-state index contributed by atoms with van der Waals surface area (Å²) in [5, 5.41) is 4.33. The fraction of sp³-hybridized carbons (Fsp3) is 0.579. The zero-order valence-electron chi connectivity index (χ0n) is 15.8. The van der Waals surface area contributed by atoms with Gasteiger partial charge >= 0.3 is 0 Å². The van der Waals surface area contributed by atoms with Crippen molar-refractivity contribution in [3.63, 3.8) is 0 Å². The average molecular weight is 376 g/mol. The van der Waals surface area contributed by atoms with E-state index in [0.717, 1.165) is 0 Å². The number of nitrogens with one attached hydrogen (secondary N) is 1. The normalized spacial score (nSPS) is 35.3. The third-order valence-corrected chi connectivity index (χ3v) is 4.61. The molecule has 0 saturated carbocycles. The van der Waals surface area contributed by atoms with Gasteiger partial charge in [0.25, 0.3) is 5.91 Å². The third kappa shape index (κ3) is 3.76. The van der Waals surface area contributed by atoms with E-state index in [9.17, 15) is 4.79 Å². The SMILES string of the molecule is CC1(C)O[C@H]2O[C@H]([C@H]3COC(C)(C)O3)/C(=N/NC(=O)c3ccccc3)[C@H]2O1. The molecule has 1 amide bonds. The molecule has 0 unspecified atom stereocenters. The minimum absolute atomic E-state index is 0.313. The van der Waals surface area contributed by atoms with Crippen molar-refractivity contribution in [2.75, 3.05) is 6.61 Å². The number of rotatable bonds is 3. The smallest absolute Gasteiger partial charge is 0.271 e. The summed E-state index contributed by atoms with van der Waals surface area (Å²) in [7, 11) is 0. The quantitative estimate of drug-likeness (QED) is 0.810. The molecule has 1 aromatic carbocycles. The van der Waals surface area contributed by atoms with Gasteiger partial charge in [0.15, 0.2) is 24.0 Å². The zero-order valence-corrected chi connectivity index (χ0v) is 15.8. The van der Waals surface area contributed by atoms with Gasteiger partial charge in [0.05, 0.1) is 6.61 Å². The van der Waals surface area contributed by atoms with Crippen LogP contribution < -0.4 is 5.43 Å². The second kappa shape index (κ2) is 6.65. The van der Waals surface area contributed by atoms with Crippen LogP contribution in [0, 0.1) is 0 Å². The molecule has 146 valence electrons. The van der Waals surface area contributed by atoms with E-state index in [1.807, 2.05) is 33.8 Å². The van der Waals surface area contributed by atoms with Gasteiger partial charge in [0.2, 0.25) is 0 Å². The van der Waals surface area contributed by atoms with Gasteiger partial charge in [-0.2, -0.15) is 5.10 Å². The van der Waals surface area contributed by atoms with Crippen LogP contribution in [0.5, 0.6) is 0 Å². The van der Waals surface area contributed by atoms with Crippen molar-refractivity contribution in [3.05, 3.63) is 35.9 Å². The Labute approximate surface area is 157 Å². The summed E-state index contributed by atoms with van der Waals surface area (Å²) in [5.74, 6) is -1.81. The second-order valence-corrected chi connectivity index (χ2v) is 7.69. The Balaban J connectivity index is 1.56. The van der Waals surface area contributed by atoms with E-state index in [-0.39, 0.29) is 12.0 Å². The van der Waals surface area contributed by atoms with Crippen molar-refractivity contribution in [2.24, 2.45) is 5.10 Å². The fourth-order valence-corrected chi connectivity index (χ4v) is 3.45. The van der Waals surface area contributed by atoms with Crippen LogP contribution in [0.4, 0.5) is 0 Å². The minimum Gasteiger partial charge on any atom is -0.348 e. The third-order valence-electron chi connectivity index (χ3n) is 4.61. The molecule has 1 N–H and O–H groups in total. The maximum atomic E-state index is 12.4. The maximum Gasteiger partial charge on any atom is 0.271 e. The van der Waals surface area contributed by atoms with Gasteiger partial charge in [-0.1, -0.05) is 18.2 Å². The van der Waals surface area contributed by atoms with Crippen LogP contribution in [0.3, 0.4) is 0 Å². The van der Waals surface area contributed by atoms with E-state index >= 15 is 0 Å². The number of hydrogen-bond acceptors (Lipinski definition) is 7. The van der Waals surface area contributed by atoms with Gasteiger partial charge in [0.1, 0.15) is 17.9 Å². The molecule has 27 heavy (non-hydrogen) atoms. The molecule has 3 fully saturated rings. The number of carbonyl (C=O) groups excluding carboxylic acids is 1. The Kier molecular flexibility index (Phi) is 4.56. The van der Waals surface area contributed by atoms with E-state index < -0.39 is 30.1 Å². The summed E-state index contributed by atoms with van der Waals surface area (Å²) in [6.07, 6.45) is -2.03. The highest BCUT2D eigenvalue weighted by atomic mass is 16.8. The van der Waals surface area contributed by atoms with Crippen LogP contribution in [0.1, 0.15) is 38.1 Å². The van der Waals surface area contributed by atoms with E-state index in [4.69, 9.17) is 23.7 Å². The molecule has 8 heteroatoms. The molecule has 0 aliphatic carbocycles. The number of ether oxygens (including phenoxy) is 5. The molecule has 4 atom stereocenters. The highest BCUT2D eigenvalue weighted by molar-refractivity contribution is 5.99. The Bertz CT molecular complexity index is 748. The molecule has 3 heterocycles. The molecule has 4 rings (SSSR count). The lowest BCUT2D eigenvalue weighted by Crippen LogP contribution is -2.41. The Morgan fingerprint density at radius 3 is 2.44 bits per heavy atom. The Morgan fingerprint density at radius 1 is 1.04 bits per heavy atom. The van der Waals surface area contributed by atoms with Gasteiger partial charge < -0.3 is 23.7 Å². The predicted molar refractivity (Wildman–Crippen MR) is 94.9 cm³/mol. The van der Waals surface area contributed by atoms with Crippen LogP contribution >= 0.6 is 0 Å². The molecule has 8 nitrogen and oxygen atoms in total. The van der Waals surface area contributed by atoms with Crippen molar-refractivity contribution in [2.45, 2.75) is 63.9 Å². The summed E-state index contributed by atoms with van der Waals surface area (Å²) in [4.78, 5) is 12.4. The number of carbonyl (C=O) groups is 1. The first-order chi connectivity index (χ1) is 12.7. The van der Waals surface area contributed by atoms with Crippen molar-refractivity contribution >= 4 is 11.6 Å². The van der Waals surface area contributed by atoms with Crippen LogP contribution in [-0.2, 0) is 23.7 Å². The van der Waals surface area contributed by atoms with E-state index in [1.165, 1.54) is 0 Å². The molecule has 0 spiro atoms. The van der Waals surface area contributed by atoms with Crippen LogP contribution in [0.15, 0.2) is 35.4 Å². The zero-order chi connectivity index (χ0) is 19.2. The van der Waals surface area contributed by atoms with Crippen molar-refractivity contribution in [3.8, 4) is 0 Å². The van der Waals surface area contributed by atoms with Crippen LogP contribution in [-0.4, -0.2) is 54.4 Å². The highest BCUT2D eigenvalue weighted by Gasteiger charge is 2.56. The van der Waals surface area contributed by atoms with E-state index in [2.05, 4.69) is 10.5 Å². The summed E-state index contributed by atoms with van der Waals surface area (Å²) in [5.41, 5.74) is 3.63. The van der Waals surface area contributed by atoms with Crippen molar-refractivity contribution in [1.82, 2.24) is 5.43 Å². The molecule has 0 aromatic heterocycles. The number of hydrazone groups is 1. The first-order valence-electron chi connectivity index (χ1n) is 9.00. The van der Waals surface area contributed by atoms with Crippen LogP contribution in [0.2, 0.25) is 0 Å². The van der Waals surface area contributed by atoms with Crippen molar-refractivity contribution in [1.29, 1.82) is 0 Å². The first-order valence-corrected chi connectivity index (χ1v) is 9.00. The standard InChI is InChI=1S/C19H24N2O6/c1-18(2)23-10-12(25-18)14-13(15-17(24-14)27-19(3,4)26-15)20-21-16(22)11-8-6-5-7-9-11/h5-9,12,14-15,17H,10H2,1-4H3,(H,21,22)/b20-13-/t12-,14-,15-,17-/m1/s1. The molecular formula is C19H24N2O6. The summed E-state index contributed by atoms with van der Waals surface area (Å²) in [6.45, 7) is 7.65. The number of benzene rings is 1. The summed E-state index contributed by atoms with van der Waals surface area (Å²) in [6, 6.07) is 8.87. The number of nitrogens with zero attached hydrogens (tertiary/aromatic N) is 1. The van der Waals surface area contributed by atoms with Gasteiger partial charge in [-0.3, -0.25) is 4.79 Å².